The fraction of sp³-hybridized carbons (Fsp3) is 0.222. The van der Waals surface area contributed by atoms with E-state index in [1.807, 2.05) is 0 Å². The summed E-state index contributed by atoms with van der Waals surface area (Å²) in [7, 11) is 0. The van der Waals surface area contributed by atoms with E-state index in [0.29, 0.717) is 0 Å². The number of para-hydroxylation sites is 1. The van der Waals surface area contributed by atoms with E-state index in [-0.39, 0.29) is 11.1 Å². The normalized spacial score (nSPS) is 11.6. The highest BCUT2D eigenvalue weighted by molar-refractivity contribution is 5.77. The molecule has 0 aliphatic carbocycles. The van der Waals surface area contributed by atoms with Crippen LogP contribution in [0.5, 0.6) is 6.08 Å². The highest BCUT2D eigenvalue weighted by Gasteiger charge is 2.18. The van der Waals surface area contributed by atoms with Gasteiger partial charge in [0.15, 0.2) is 5.58 Å². The number of alkyl halides is 4. The maximum atomic E-state index is 12.5. The molecule has 0 saturated carbocycles. The molecule has 0 atom stereocenters. The monoisotopic (exact) mass is 235 g/mol. The average Bonchev–Trinajstić information content (AvgIpc) is 2.57. The van der Waals surface area contributed by atoms with Crippen molar-refractivity contribution in [2.75, 3.05) is 0 Å². The lowest BCUT2D eigenvalue weighted by Gasteiger charge is -1.98. The molecule has 0 amide bonds. The molecule has 0 aliphatic heterocycles. The van der Waals surface area contributed by atoms with Gasteiger partial charge in [-0.2, -0.15) is 13.8 Å². The zero-order chi connectivity index (χ0) is 11.7. The van der Waals surface area contributed by atoms with Gasteiger partial charge in [0.25, 0.3) is 6.43 Å². The van der Waals surface area contributed by atoms with Crippen molar-refractivity contribution in [2.24, 2.45) is 0 Å². The molecule has 7 heteroatoms. The predicted molar refractivity (Wildman–Crippen MR) is 45.6 cm³/mol. The van der Waals surface area contributed by atoms with Crippen LogP contribution in [-0.4, -0.2) is 11.6 Å². The summed E-state index contributed by atoms with van der Waals surface area (Å²) in [6, 6.07) is 3.83. The summed E-state index contributed by atoms with van der Waals surface area (Å²) in [6.07, 6.45) is -3.49. The summed E-state index contributed by atoms with van der Waals surface area (Å²) in [6.45, 7) is -3.11. The molecule has 1 aromatic heterocycles. The third-order valence-electron chi connectivity index (χ3n) is 1.85. The summed E-state index contributed by atoms with van der Waals surface area (Å²) in [5.41, 5.74) is -0.601. The summed E-state index contributed by atoms with van der Waals surface area (Å²) in [5.74, 6) is 0. The number of ether oxygens (including phenoxy) is 1. The van der Waals surface area contributed by atoms with Gasteiger partial charge in [0.2, 0.25) is 0 Å². The molecule has 0 unspecified atom stereocenters. The molecule has 1 heterocycles. The highest BCUT2D eigenvalue weighted by Crippen LogP contribution is 2.30. The van der Waals surface area contributed by atoms with Gasteiger partial charge in [0.1, 0.15) is 5.52 Å². The van der Waals surface area contributed by atoms with Crippen LogP contribution in [0.15, 0.2) is 22.6 Å². The minimum atomic E-state index is -3.11. The Hall–Kier alpha value is -1.79. The van der Waals surface area contributed by atoms with E-state index >= 15 is 0 Å². The van der Waals surface area contributed by atoms with Gasteiger partial charge in [-0.15, -0.1) is 0 Å². The molecule has 86 valence electrons. The predicted octanol–water partition coefficient (Wildman–Crippen LogP) is 3.37. The van der Waals surface area contributed by atoms with Crippen LogP contribution in [0.2, 0.25) is 0 Å². The first-order valence-corrected chi connectivity index (χ1v) is 4.20. The first-order chi connectivity index (χ1) is 7.58. The van der Waals surface area contributed by atoms with Crippen LogP contribution in [0.1, 0.15) is 12.0 Å². The van der Waals surface area contributed by atoms with Crippen molar-refractivity contribution in [1.29, 1.82) is 0 Å². The number of halogens is 4. The smallest absolute Gasteiger partial charge is 0.399 e. The van der Waals surface area contributed by atoms with Gasteiger partial charge >= 0.3 is 12.7 Å². The number of aromatic nitrogens is 1. The van der Waals surface area contributed by atoms with Gasteiger partial charge in [-0.1, -0.05) is 6.07 Å². The molecule has 2 aromatic rings. The lowest BCUT2D eigenvalue weighted by atomic mass is 10.2. The van der Waals surface area contributed by atoms with Gasteiger partial charge in [0.05, 0.1) is 5.56 Å². The average molecular weight is 235 g/mol. The Labute approximate surface area is 86.6 Å². The maximum absolute atomic E-state index is 12.5. The van der Waals surface area contributed by atoms with Gasteiger partial charge in [0, 0.05) is 0 Å². The molecule has 3 nitrogen and oxygen atoms in total. The molecular weight excluding hydrogens is 230 g/mol. The van der Waals surface area contributed by atoms with Crippen LogP contribution < -0.4 is 4.74 Å². The number of rotatable bonds is 3. The molecular formula is C9H5F4NO2. The largest absolute Gasteiger partial charge is 0.408 e. The Morgan fingerprint density at radius 1 is 1.19 bits per heavy atom. The van der Waals surface area contributed by atoms with Crippen molar-refractivity contribution in [3.8, 4) is 6.08 Å². The van der Waals surface area contributed by atoms with E-state index in [4.69, 9.17) is 0 Å². The standard InChI is InChI=1S/C9H5F4NO2/c10-7(11)4-2-1-3-5-6(4)15-9(14-5)16-8(12)13/h1-3,7-8H. The second kappa shape index (κ2) is 3.99. The maximum Gasteiger partial charge on any atom is 0.399 e. The number of hydrogen-bond donors (Lipinski definition) is 0. The van der Waals surface area contributed by atoms with Crippen molar-refractivity contribution >= 4 is 11.1 Å². The number of hydrogen-bond acceptors (Lipinski definition) is 3. The Balaban J connectivity index is 2.48. The van der Waals surface area contributed by atoms with Crippen molar-refractivity contribution in [1.82, 2.24) is 4.98 Å². The Morgan fingerprint density at radius 2 is 1.94 bits per heavy atom. The number of oxazole rings is 1. The molecule has 0 spiro atoms. The third-order valence-corrected chi connectivity index (χ3v) is 1.85. The lowest BCUT2D eigenvalue weighted by molar-refractivity contribution is -0.0664. The molecule has 2 rings (SSSR count). The van der Waals surface area contributed by atoms with Crippen molar-refractivity contribution in [3.63, 3.8) is 0 Å². The second-order valence-corrected chi connectivity index (χ2v) is 2.85. The van der Waals surface area contributed by atoms with Gasteiger partial charge in [-0.25, -0.2) is 8.78 Å². The van der Waals surface area contributed by atoms with E-state index in [2.05, 4.69) is 14.1 Å². The van der Waals surface area contributed by atoms with Gasteiger partial charge in [-0.05, 0) is 12.1 Å². The third kappa shape index (κ3) is 1.93. The van der Waals surface area contributed by atoms with E-state index < -0.39 is 24.7 Å². The van der Waals surface area contributed by atoms with Crippen molar-refractivity contribution in [2.45, 2.75) is 13.0 Å². The zero-order valence-corrected chi connectivity index (χ0v) is 7.66. The molecule has 0 radical (unpaired) electrons. The summed E-state index contributed by atoms with van der Waals surface area (Å²) < 4.78 is 57.2. The molecule has 0 saturated heterocycles. The van der Waals surface area contributed by atoms with E-state index in [1.165, 1.54) is 12.1 Å². The van der Waals surface area contributed by atoms with Crippen LogP contribution in [0, 0.1) is 0 Å². The van der Waals surface area contributed by atoms with Crippen LogP contribution in [0.3, 0.4) is 0 Å². The molecule has 0 aliphatic rings. The first-order valence-electron chi connectivity index (χ1n) is 4.20. The van der Waals surface area contributed by atoms with Gasteiger partial charge < -0.3 is 9.15 Å². The number of nitrogens with zero attached hydrogens (tertiary/aromatic N) is 1. The quantitative estimate of drug-likeness (QED) is 0.765. The molecule has 1 aromatic carbocycles. The highest BCUT2D eigenvalue weighted by atomic mass is 19.3. The topological polar surface area (TPSA) is 35.3 Å². The van der Waals surface area contributed by atoms with Crippen LogP contribution in [-0.2, 0) is 0 Å². The lowest BCUT2D eigenvalue weighted by Crippen LogP contribution is -2.01. The van der Waals surface area contributed by atoms with E-state index in [0.717, 1.165) is 6.07 Å². The number of fused-ring (bicyclic) bond motifs is 1. The van der Waals surface area contributed by atoms with Gasteiger partial charge in [-0.3, -0.25) is 0 Å². The van der Waals surface area contributed by atoms with Crippen LogP contribution in [0.25, 0.3) is 11.1 Å². The SMILES string of the molecule is FC(F)Oc1nc2cccc(C(F)F)c2o1. The van der Waals surface area contributed by atoms with E-state index in [1.54, 1.807) is 0 Å². The Morgan fingerprint density at radius 3 is 2.56 bits per heavy atom. The van der Waals surface area contributed by atoms with E-state index in [9.17, 15) is 17.6 Å². The second-order valence-electron chi connectivity index (χ2n) is 2.85. The van der Waals surface area contributed by atoms with Crippen LogP contribution in [0.4, 0.5) is 17.6 Å². The summed E-state index contributed by atoms with van der Waals surface area (Å²) >= 11 is 0. The number of benzene rings is 1. The fourth-order valence-electron chi connectivity index (χ4n) is 1.25. The Bertz CT molecular complexity index is 497. The summed E-state index contributed by atoms with van der Waals surface area (Å²) in [5, 5.41) is 0. The fourth-order valence-corrected chi connectivity index (χ4v) is 1.25. The minimum Gasteiger partial charge on any atom is -0.408 e. The molecule has 16 heavy (non-hydrogen) atoms. The zero-order valence-electron chi connectivity index (χ0n) is 7.66. The van der Waals surface area contributed by atoms with Crippen LogP contribution >= 0.6 is 0 Å². The summed E-state index contributed by atoms with van der Waals surface area (Å²) in [4.78, 5) is 3.49. The molecule has 0 fully saturated rings. The minimum absolute atomic E-state index is 0.0495. The molecule has 0 bridgehead atoms. The van der Waals surface area contributed by atoms with Crippen molar-refractivity contribution < 1.29 is 26.7 Å². The first kappa shape index (κ1) is 10.7. The molecule has 0 N–H and O–H groups in total. The Kier molecular flexibility index (Phi) is 2.67. The van der Waals surface area contributed by atoms with Crippen molar-refractivity contribution in [3.05, 3.63) is 23.8 Å².